The van der Waals surface area contributed by atoms with Crippen molar-refractivity contribution in [2.24, 2.45) is 0 Å². The second-order valence-electron chi connectivity index (χ2n) is 7.31. The van der Waals surface area contributed by atoms with Crippen molar-refractivity contribution in [1.82, 2.24) is 5.32 Å². The summed E-state index contributed by atoms with van der Waals surface area (Å²) < 4.78 is 5.75. The Hall–Kier alpha value is -4.27. The lowest BCUT2D eigenvalue weighted by molar-refractivity contribution is -0.394. The first-order valence-corrected chi connectivity index (χ1v) is 10.4. The van der Waals surface area contributed by atoms with Gasteiger partial charge in [0, 0.05) is 18.7 Å². The van der Waals surface area contributed by atoms with Crippen LogP contribution in [0.1, 0.15) is 29.6 Å². The van der Waals surface area contributed by atoms with Crippen LogP contribution >= 0.6 is 0 Å². The van der Waals surface area contributed by atoms with Crippen LogP contribution in [0.2, 0.25) is 0 Å². The fourth-order valence-electron chi connectivity index (χ4n) is 3.21. The Balaban J connectivity index is 1.37. The van der Waals surface area contributed by atoms with Crippen LogP contribution in [-0.4, -0.2) is 28.9 Å². The number of amides is 1. The number of non-ortho nitro benzene ring substituents is 2. The number of carbonyl (C=O) groups is 1. The van der Waals surface area contributed by atoms with E-state index >= 15 is 0 Å². The van der Waals surface area contributed by atoms with E-state index in [9.17, 15) is 25.0 Å². The van der Waals surface area contributed by atoms with Gasteiger partial charge in [-0.2, -0.15) is 0 Å². The fourth-order valence-corrected chi connectivity index (χ4v) is 3.21. The second-order valence-corrected chi connectivity index (χ2v) is 7.31. The van der Waals surface area contributed by atoms with Crippen LogP contribution in [0, 0.1) is 20.2 Å². The molecule has 1 N–H and O–H groups in total. The highest BCUT2D eigenvalue weighted by molar-refractivity contribution is 5.95. The number of hydrogen-bond acceptors (Lipinski definition) is 6. The van der Waals surface area contributed by atoms with E-state index in [2.05, 4.69) is 17.4 Å². The molecular formula is C24H23N3O6. The molecule has 3 aromatic carbocycles. The highest BCUT2D eigenvalue weighted by Gasteiger charge is 2.19. The van der Waals surface area contributed by atoms with Crippen molar-refractivity contribution < 1.29 is 19.4 Å². The van der Waals surface area contributed by atoms with Gasteiger partial charge in [-0.05, 0) is 42.5 Å². The largest absolute Gasteiger partial charge is 0.494 e. The smallest absolute Gasteiger partial charge is 0.277 e. The number of nitrogens with zero attached hydrogens (tertiary/aromatic N) is 2. The molecular weight excluding hydrogens is 426 g/mol. The van der Waals surface area contributed by atoms with Crippen LogP contribution in [0.5, 0.6) is 5.75 Å². The number of carbonyl (C=O) groups excluding carboxylic acids is 1. The minimum Gasteiger partial charge on any atom is -0.494 e. The minimum atomic E-state index is -0.765. The molecule has 0 atom stereocenters. The van der Waals surface area contributed by atoms with Gasteiger partial charge in [0.05, 0.1) is 28.1 Å². The van der Waals surface area contributed by atoms with Gasteiger partial charge < -0.3 is 10.1 Å². The number of nitro groups is 2. The van der Waals surface area contributed by atoms with Gasteiger partial charge in [0.2, 0.25) is 0 Å². The third-order valence-electron chi connectivity index (χ3n) is 4.92. The molecule has 0 saturated carbocycles. The maximum atomic E-state index is 12.2. The number of benzene rings is 3. The van der Waals surface area contributed by atoms with Crippen molar-refractivity contribution in [3.63, 3.8) is 0 Å². The third-order valence-corrected chi connectivity index (χ3v) is 4.92. The summed E-state index contributed by atoms with van der Waals surface area (Å²) in [5, 5.41) is 24.5. The highest BCUT2D eigenvalue weighted by atomic mass is 16.6. The Morgan fingerprint density at radius 2 is 1.39 bits per heavy atom. The molecule has 0 bridgehead atoms. The first-order valence-electron chi connectivity index (χ1n) is 10.4. The number of ether oxygens (including phenoxy) is 1. The lowest BCUT2D eigenvalue weighted by Crippen LogP contribution is -2.24. The van der Waals surface area contributed by atoms with Crippen LogP contribution < -0.4 is 10.1 Å². The first-order chi connectivity index (χ1) is 15.9. The van der Waals surface area contributed by atoms with Gasteiger partial charge in [-0.1, -0.05) is 42.5 Å². The number of rotatable bonds is 11. The zero-order valence-corrected chi connectivity index (χ0v) is 17.8. The summed E-state index contributed by atoms with van der Waals surface area (Å²) >= 11 is 0. The van der Waals surface area contributed by atoms with Crippen LogP contribution in [0.15, 0.2) is 72.8 Å². The summed E-state index contributed by atoms with van der Waals surface area (Å²) in [5.41, 5.74) is 1.16. The van der Waals surface area contributed by atoms with Crippen molar-refractivity contribution in [3.8, 4) is 16.9 Å². The SMILES string of the molecule is O=C(NCCCCCOc1ccc(-c2ccccc2)cc1)c1cc([N+](=O)[O-])cc([N+](=O)[O-])c1. The topological polar surface area (TPSA) is 125 Å². The zero-order chi connectivity index (χ0) is 23.6. The molecule has 9 nitrogen and oxygen atoms in total. The molecule has 3 aromatic rings. The van der Waals surface area contributed by atoms with Crippen LogP contribution in [0.3, 0.4) is 0 Å². The number of unbranched alkanes of at least 4 members (excludes halogenated alkanes) is 2. The predicted molar refractivity (Wildman–Crippen MR) is 123 cm³/mol. The Morgan fingerprint density at radius 3 is 2.00 bits per heavy atom. The molecule has 0 unspecified atom stereocenters. The van der Waals surface area contributed by atoms with Crippen molar-refractivity contribution in [2.45, 2.75) is 19.3 Å². The Kier molecular flexibility index (Phi) is 8.07. The van der Waals surface area contributed by atoms with Crippen LogP contribution in [-0.2, 0) is 0 Å². The number of nitro benzene ring substituents is 2. The van der Waals surface area contributed by atoms with E-state index in [1.807, 2.05) is 42.5 Å². The van der Waals surface area contributed by atoms with E-state index in [4.69, 9.17) is 4.74 Å². The summed E-state index contributed by atoms with van der Waals surface area (Å²) in [6.07, 6.45) is 2.27. The molecule has 0 radical (unpaired) electrons. The van der Waals surface area contributed by atoms with Crippen LogP contribution in [0.25, 0.3) is 11.1 Å². The van der Waals surface area contributed by atoms with Crippen molar-refractivity contribution >= 4 is 17.3 Å². The molecule has 0 heterocycles. The van der Waals surface area contributed by atoms with Crippen LogP contribution in [0.4, 0.5) is 11.4 Å². The lowest BCUT2D eigenvalue weighted by Gasteiger charge is -2.08. The van der Waals surface area contributed by atoms with E-state index in [1.165, 1.54) is 0 Å². The van der Waals surface area contributed by atoms with E-state index in [1.54, 1.807) is 0 Å². The molecule has 3 rings (SSSR count). The average molecular weight is 449 g/mol. The minimum absolute atomic E-state index is 0.113. The molecule has 0 saturated heterocycles. The lowest BCUT2D eigenvalue weighted by atomic mass is 10.1. The van der Waals surface area contributed by atoms with Gasteiger partial charge in [-0.3, -0.25) is 25.0 Å². The maximum Gasteiger partial charge on any atom is 0.277 e. The normalized spacial score (nSPS) is 10.4. The molecule has 0 aromatic heterocycles. The summed E-state index contributed by atoms with van der Waals surface area (Å²) in [7, 11) is 0. The predicted octanol–water partition coefficient (Wildman–Crippen LogP) is 5.15. The van der Waals surface area contributed by atoms with Gasteiger partial charge in [0.25, 0.3) is 17.3 Å². The van der Waals surface area contributed by atoms with Gasteiger partial charge in [-0.15, -0.1) is 0 Å². The van der Waals surface area contributed by atoms with Crippen molar-refractivity contribution in [3.05, 3.63) is 98.6 Å². The number of nitrogens with one attached hydrogen (secondary N) is 1. The molecule has 0 spiro atoms. The summed E-state index contributed by atoms with van der Waals surface area (Å²) in [5.74, 6) is 0.201. The summed E-state index contributed by atoms with van der Waals surface area (Å²) in [4.78, 5) is 32.6. The quantitative estimate of drug-likeness (QED) is 0.245. The first kappa shape index (κ1) is 23.4. The molecule has 0 fully saturated rings. The van der Waals surface area contributed by atoms with E-state index < -0.39 is 27.1 Å². The maximum absolute atomic E-state index is 12.2. The molecule has 0 aliphatic carbocycles. The second kappa shape index (κ2) is 11.4. The molecule has 9 heteroatoms. The molecule has 33 heavy (non-hydrogen) atoms. The molecule has 0 aliphatic rings. The third kappa shape index (κ3) is 6.86. The molecule has 170 valence electrons. The standard InChI is InChI=1S/C24H23N3O6/c28-24(20-15-21(26(29)30)17-22(16-20)27(31)32)25-13-5-2-6-14-33-23-11-9-19(10-12-23)18-7-3-1-4-8-18/h1,3-4,7-12,15-17H,2,5-6,13-14H2,(H,25,28). The Morgan fingerprint density at radius 1 is 0.788 bits per heavy atom. The van der Waals surface area contributed by atoms with Gasteiger partial charge in [0.1, 0.15) is 5.75 Å². The molecule has 1 amide bonds. The highest BCUT2D eigenvalue weighted by Crippen LogP contribution is 2.23. The fraction of sp³-hybridized carbons (Fsp3) is 0.208. The van der Waals surface area contributed by atoms with Gasteiger partial charge >= 0.3 is 0 Å². The average Bonchev–Trinajstić information content (AvgIpc) is 2.83. The Bertz CT molecular complexity index is 1080. The Labute approximate surface area is 190 Å². The zero-order valence-electron chi connectivity index (χ0n) is 17.8. The van der Waals surface area contributed by atoms with Crippen molar-refractivity contribution in [2.75, 3.05) is 13.2 Å². The van der Waals surface area contributed by atoms with Gasteiger partial charge in [0.15, 0.2) is 0 Å². The van der Waals surface area contributed by atoms with E-state index in [-0.39, 0.29) is 5.56 Å². The molecule has 0 aliphatic heterocycles. The van der Waals surface area contributed by atoms with E-state index in [0.717, 1.165) is 47.9 Å². The monoisotopic (exact) mass is 449 g/mol. The summed E-state index contributed by atoms with van der Waals surface area (Å²) in [6.45, 7) is 0.886. The number of hydrogen-bond donors (Lipinski definition) is 1. The van der Waals surface area contributed by atoms with Gasteiger partial charge in [-0.25, -0.2) is 0 Å². The van der Waals surface area contributed by atoms with Crippen molar-refractivity contribution in [1.29, 1.82) is 0 Å². The summed E-state index contributed by atoms with van der Waals surface area (Å²) in [6, 6.07) is 20.8. The van der Waals surface area contributed by atoms with E-state index in [0.29, 0.717) is 19.6 Å².